The van der Waals surface area contributed by atoms with E-state index in [1.165, 1.54) is 6.92 Å². The third-order valence-electron chi connectivity index (χ3n) is 11.6. The highest BCUT2D eigenvalue weighted by molar-refractivity contribution is 6.00. The number of aliphatic hydroxyl groups excluding tert-OH is 1. The molecule has 0 bridgehead atoms. The first-order chi connectivity index (χ1) is 17.3. The summed E-state index contributed by atoms with van der Waals surface area (Å²) in [5.74, 6) is -0.170. The standard InChI is InChI=1S/C32H50O6/c1-18(10-11-20-21(29(5,6)36)16-25(35)32(20,9)37)27-22(34)17-24-30(7)15-13-26(38-19(2)33)28(3,4)23(30)12-14-31(24,27)8/h10-11,20-21,23-26,35-37H,12-17H2,1-9H3/b11-10?,27-18+/t20-,21+,23-,24-,25+,26-,30-,31-,32+/m0/s1. The molecule has 3 N–H and O–H groups in total. The maximum Gasteiger partial charge on any atom is 0.302 e. The number of ketones is 1. The zero-order valence-electron chi connectivity index (χ0n) is 24.9. The fourth-order valence-electron chi connectivity index (χ4n) is 9.62. The highest BCUT2D eigenvalue weighted by Gasteiger charge is 2.65. The number of ether oxygens (including phenoxy) is 1. The van der Waals surface area contributed by atoms with Gasteiger partial charge in [0.2, 0.25) is 0 Å². The maximum absolute atomic E-state index is 13.7. The zero-order valence-corrected chi connectivity index (χ0v) is 24.9. The molecule has 4 saturated carbocycles. The lowest BCUT2D eigenvalue weighted by atomic mass is 9.43. The Balaban J connectivity index is 1.67. The first kappa shape index (κ1) is 29.5. The van der Waals surface area contributed by atoms with Crippen LogP contribution in [0.3, 0.4) is 0 Å². The molecule has 0 unspecified atom stereocenters. The van der Waals surface area contributed by atoms with Gasteiger partial charge in [-0.2, -0.15) is 0 Å². The fourth-order valence-corrected chi connectivity index (χ4v) is 9.62. The molecule has 4 aliphatic rings. The minimum atomic E-state index is -1.35. The maximum atomic E-state index is 13.7. The lowest BCUT2D eigenvalue weighted by molar-refractivity contribution is -0.185. The highest BCUT2D eigenvalue weighted by atomic mass is 16.5. The van der Waals surface area contributed by atoms with E-state index in [1.807, 2.05) is 19.1 Å². The Morgan fingerprint density at radius 1 is 1.05 bits per heavy atom. The summed E-state index contributed by atoms with van der Waals surface area (Å²) < 4.78 is 5.77. The third-order valence-corrected chi connectivity index (χ3v) is 11.6. The summed E-state index contributed by atoms with van der Waals surface area (Å²) in [4.78, 5) is 25.5. The summed E-state index contributed by atoms with van der Waals surface area (Å²) in [6.07, 6.45) is 7.33. The topological polar surface area (TPSA) is 104 Å². The highest BCUT2D eigenvalue weighted by Crippen LogP contribution is 2.69. The summed E-state index contributed by atoms with van der Waals surface area (Å²) >= 11 is 0. The predicted octanol–water partition coefficient (Wildman–Crippen LogP) is 5.14. The number of hydrogen-bond acceptors (Lipinski definition) is 6. The number of carbonyl (C=O) groups is 2. The van der Waals surface area contributed by atoms with Gasteiger partial charge in [0, 0.05) is 35.7 Å². The molecule has 214 valence electrons. The number of hydrogen-bond donors (Lipinski definition) is 3. The average Bonchev–Trinajstić information content (AvgIpc) is 3.17. The number of carbonyl (C=O) groups excluding carboxylic acids is 2. The number of allylic oxidation sites excluding steroid dienone is 3. The smallest absolute Gasteiger partial charge is 0.302 e. The van der Waals surface area contributed by atoms with Gasteiger partial charge in [0.15, 0.2) is 5.78 Å². The molecule has 0 amide bonds. The van der Waals surface area contributed by atoms with Gasteiger partial charge in [0.1, 0.15) is 6.10 Å². The summed E-state index contributed by atoms with van der Waals surface area (Å²) in [6, 6.07) is 0. The van der Waals surface area contributed by atoms with Gasteiger partial charge in [-0.05, 0) is 88.5 Å². The predicted molar refractivity (Wildman–Crippen MR) is 147 cm³/mol. The molecule has 0 aliphatic heterocycles. The van der Waals surface area contributed by atoms with Crippen LogP contribution in [-0.4, -0.2) is 50.5 Å². The van der Waals surface area contributed by atoms with E-state index in [2.05, 4.69) is 27.7 Å². The SMILES string of the molecule is CC(=O)O[C@H]1CC[C@@]2(C)[C@@H](CC[C@]3(C)/C(=C(\C)C=C[C@H]4[C@H](C(C)(C)O)C[C@@H](O)[C@]4(C)O)C(=O)C[C@@H]23)C1(C)C. The van der Waals surface area contributed by atoms with Crippen LogP contribution in [0.25, 0.3) is 0 Å². The second-order valence-electron chi connectivity index (χ2n) is 14.8. The van der Waals surface area contributed by atoms with Crippen LogP contribution >= 0.6 is 0 Å². The van der Waals surface area contributed by atoms with Crippen molar-refractivity contribution >= 4 is 11.8 Å². The van der Waals surface area contributed by atoms with Crippen molar-refractivity contribution in [2.45, 2.75) is 124 Å². The Labute approximate surface area is 228 Å². The van der Waals surface area contributed by atoms with Crippen LogP contribution in [0.2, 0.25) is 0 Å². The molecule has 4 fully saturated rings. The first-order valence-electron chi connectivity index (χ1n) is 14.5. The number of rotatable bonds is 4. The second-order valence-corrected chi connectivity index (χ2v) is 14.8. The summed E-state index contributed by atoms with van der Waals surface area (Å²) in [7, 11) is 0. The molecule has 0 aromatic carbocycles. The molecular formula is C32H50O6. The largest absolute Gasteiger partial charge is 0.462 e. The van der Waals surface area contributed by atoms with Crippen LogP contribution in [-0.2, 0) is 14.3 Å². The Hall–Kier alpha value is -1.50. The van der Waals surface area contributed by atoms with Crippen LogP contribution < -0.4 is 0 Å². The fraction of sp³-hybridized carbons (Fsp3) is 0.812. The van der Waals surface area contributed by atoms with Crippen molar-refractivity contribution in [3.63, 3.8) is 0 Å². The van der Waals surface area contributed by atoms with E-state index in [0.29, 0.717) is 18.8 Å². The van der Waals surface area contributed by atoms with Crippen molar-refractivity contribution in [2.24, 2.45) is 39.9 Å². The van der Waals surface area contributed by atoms with Crippen LogP contribution in [0.15, 0.2) is 23.3 Å². The van der Waals surface area contributed by atoms with Crippen molar-refractivity contribution < 1.29 is 29.6 Å². The van der Waals surface area contributed by atoms with E-state index in [0.717, 1.165) is 36.8 Å². The van der Waals surface area contributed by atoms with E-state index < -0.39 is 23.2 Å². The normalized spacial score (nSPS) is 46.2. The van der Waals surface area contributed by atoms with E-state index in [9.17, 15) is 24.9 Å². The molecule has 6 nitrogen and oxygen atoms in total. The van der Waals surface area contributed by atoms with E-state index in [1.54, 1.807) is 20.8 Å². The number of fused-ring (bicyclic) bond motifs is 3. The lowest BCUT2D eigenvalue weighted by Crippen LogP contribution is -2.58. The summed E-state index contributed by atoms with van der Waals surface area (Å²) in [5.41, 5.74) is -1.02. The van der Waals surface area contributed by atoms with E-state index in [-0.39, 0.29) is 45.9 Å². The lowest BCUT2D eigenvalue weighted by Gasteiger charge is -2.62. The molecule has 0 aromatic rings. The first-order valence-corrected chi connectivity index (χ1v) is 14.5. The van der Waals surface area contributed by atoms with Gasteiger partial charge < -0.3 is 20.1 Å². The zero-order chi connectivity index (χ0) is 28.6. The van der Waals surface area contributed by atoms with Crippen LogP contribution in [0.1, 0.15) is 101 Å². The third kappa shape index (κ3) is 4.43. The number of aliphatic hydroxyl groups is 3. The van der Waals surface area contributed by atoms with Crippen molar-refractivity contribution in [1.82, 2.24) is 0 Å². The van der Waals surface area contributed by atoms with Crippen LogP contribution in [0, 0.1) is 39.9 Å². The molecule has 0 heterocycles. The summed E-state index contributed by atoms with van der Waals surface area (Å²) in [5, 5.41) is 32.4. The molecule has 6 heteroatoms. The Morgan fingerprint density at radius 3 is 2.26 bits per heavy atom. The minimum absolute atomic E-state index is 0.0280. The number of esters is 1. The quantitative estimate of drug-likeness (QED) is 0.343. The van der Waals surface area contributed by atoms with E-state index in [4.69, 9.17) is 4.74 Å². The Bertz CT molecular complexity index is 1040. The molecule has 4 rings (SSSR count). The molecule has 0 aromatic heterocycles. The van der Waals surface area contributed by atoms with Gasteiger partial charge in [0.25, 0.3) is 0 Å². The van der Waals surface area contributed by atoms with Gasteiger partial charge in [-0.15, -0.1) is 0 Å². The Morgan fingerprint density at radius 2 is 1.68 bits per heavy atom. The molecule has 0 spiro atoms. The Kier molecular flexibility index (Phi) is 7.19. The van der Waals surface area contributed by atoms with Gasteiger partial charge in [-0.3, -0.25) is 9.59 Å². The molecule has 38 heavy (non-hydrogen) atoms. The van der Waals surface area contributed by atoms with Gasteiger partial charge in [-0.1, -0.05) is 39.8 Å². The summed E-state index contributed by atoms with van der Waals surface area (Å²) in [6.45, 7) is 17.6. The van der Waals surface area contributed by atoms with Crippen LogP contribution in [0.4, 0.5) is 0 Å². The van der Waals surface area contributed by atoms with Crippen LogP contribution in [0.5, 0.6) is 0 Å². The number of Topliss-reactive ketones (excluding diaryl/α,β-unsaturated/α-hetero) is 1. The van der Waals surface area contributed by atoms with Gasteiger partial charge >= 0.3 is 5.97 Å². The monoisotopic (exact) mass is 530 g/mol. The van der Waals surface area contributed by atoms with Crippen molar-refractivity contribution in [2.75, 3.05) is 0 Å². The van der Waals surface area contributed by atoms with Crippen molar-refractivity contribution in [3.05, 3.63) is 23.3 Å². The minimum Gasteiger partial charge on any atom is -0.462 e. The molecule has 0 saturated heterocycles. The molecular weight excluding hydrogens is 480 g/mol. The van der Waals surface area contributed by atoms with Gasteiger partial charge in [-0.25, -0.2) is 0 Å². The van der Waals surface area contributed by atoms with Crippen molar-refractivity contribution in [1.29, 1.82) is 0 Å². The van der Waals surface area contributed by atoms with Gasteiger partial charge in [0.05, 0.1) is 17.3 Å². The van der Waals surface area contributed by atoms with E-state index >= 15 is 0 Å². The molecule has 0 radical (unpaired) electrons. The average molecular weight is 531 g/mol. The molecule has 9 atom stereocenters. The van der Waals surface area contributed by atoms with Crippen molar-refractivity contribution in [3.8, 4) is 0 Å². The molecule has 4 aliphatic carbocycles. The second kappa shape index (κ2) is 9.27.